The molecule has 33 heavy (non-hydrogen) atoms. The standard InChI is InChI=1S/3C6H5.2C2HF3O2.Sn/c3*1-2-4-6-5-3-1;2*3-2(4,5)1(6)7;/h3*1-5H;2*(H,6,7);. The SMILES string of the molecule is O=C(O)C(F)(F)F.O=C(O)C(F)(F)F.c1cc[c]([Sn]([c]2ccccc2)[c]2ccccc2)cc1. The van der Waals surface area contributed by atoms with Crippen molar-refractivity contribution in [2.45, 2.75) is 12.4 Å². The summed E-state index contributed by atoms with van der Waals surface area (Å²) in [5.74, 6) is -5.51. The molecule has 3 aromatic rings. The van der Waals surface area contributed by atoms with Crippen LogP contribution >= 0.6 is 0 Å². The molecule has 0 saturated heterocycles. The molecule has 3 rings (SSSR count). The van der Waals surface area contributed by atoms with Gasteiger partial charge in [-0.3, -0.25) is 0 Å². The number of benzene rings is 3. The minimum absolute atomic E-state index is 1.53. The number of halogens is 6. The fourth-order valence-electron chi connectivity index (χ4n) is 2.31. The van der Waals surface area contributed by atoms with E-state index in [9.17, 15) is 26.3 Å². The maximum atomic E-state index is 10.6. The number of rotatable bonds is 3. The van der Waals surface area contributed by atoms with Crippen molar-refractivity contribution in [3.05, 3.63) is 91.0 Å². The zero-order valence-corrected chi connectivity index (χ0v) is 19.5. The monoisotopic (exact) mass is 579 g/mol. The Morgan fingerprint density at radius 3 is 0.848 bits per heavy atom. The molecule has 3 aromatic carbocycles. The molecule has 175 valence electrons. The van der Waals surface area contributed by atoms with Crippen LogP contribution in [0.2, 0.25) is 0 Å². The van der Waals surface area contributed by atoms with Crippen molar-refractivity contribution >= 4 is 42.4 Å². The van der Waals surface area contributed by atoms with E-state index in [1.54, 1.807) is 0 Å². The molecular weight excluding hydrogens is 561 g/mol. The zero-order valence-electron chi connectivity index (χ0n) is 16.6. The van der Waals surface area contributed by atoms with Gasteiger partial charge in [0.25, 0.3) is 0 Å². The second kappa shape index (κ2) is 12.9. The molecule has 0 heterocycles. The van der Waals surface area contributed by atoms with Crippen molar-refractivity contribution < 1.29 is 46.1 Å². The van der Waals surface area contributed by atoms with Crippen LogP contribution in [0, 0.1) is 0 Å². The van der Waals surface area contributed by atoms with E-state index in [1.165, 1.54) is 10.7 Å². The van der Waals surface area contributed by atoms with Gasteiger partial charge in [-0.25, -0.2) is 9.59 Å². The second-order valence-corrected chi connectivity index (χ2v) is 13.2. The summed E-state index contributed by atoms with van der Waals surface area (Å²) in [5.41, 5.74) is 0. The van der Waals surface area contributed by atoms with Gasteiger partial charge in [0.15, 0.2) is 0 Å². The van der Waals surface area contributed by atoms with Gasteiger partial charge in [0, 0.05) is 0 Å². The van der Waals surface area contributed by atoms with Gasteiger partial charge in [0.05, 0.1) is 0 Å². The number of carbonyl (C=O) groups is 2. The fraction of sp³-hybridized carbons (Fsp3) is 0.0909. The van der Waals surface area contributed by atoms with Gasteiger partial charge in [-0.15, -0.1) is 0 Å². The average Bonchev–Trinajstić information content (AvgIpc) is 2.76. The first-order valence-corrected chi connectivity index (χ1v) is 13.3. The van der Waals surface area contributed by atoms with Crippen molar-refractivity contribution in [2.24, 2.45) is 0 Å². The molecule has 0 aliphatic carbocycles. The van der Waals surface area contributed by atoms with E-state index < -0.39 is 44.1 Å². The minimum atomic E-state index is -5.08. The quantitative estimate of drug-likeness (QED) is 0.369. The molecule has 0 spiro atoms. The van der Waals surface area contributed by atoms with E-state index in [4.69, 9.17) is 19.8 Å². The molecule has 0 atom stereocenters. The Morgan fingerprint density at radius 2 is 0.697 bits per heavy atom. The van der Waals surface area contributed by atoms with Crippen LogP contribution in [0.15, 0.2) is 91.0 Å². The first-order chi connectivity index (χ1) is 15.3. The number of alkyl halides is 6. The maximum absolute atomic E-state index is 10.6. The van der Waals surface area contributed by atoms with Gasteiger partial charge in [-0.05, 0) is 0 Å². The molecule has 0 unspecified atom stereocenters. The number of carboxylic acids is 2. The molecule has 0 amide bonds. The summed E-state index contributed by atoms with van der Waals surface area (Å²) >= 11 is -1.98. The summed E-state index contributed by atoms with van der Waals surface area (Å²) in [6.45, 7) is 0. The van der Waals surface area contributed by atoms with E-state index in [0.29, 0.717) is 0 Å². The van der Waals surface area contributed by atoms with Crippen LogP contribution in [-0.2, 0) is 9.59 Å². The van der Waals surface area contributed by atoms with Gasteiger partial charge in [-0.1, -0.05) is 0 Å². The van der Waals surface area contributed by atoms with Crippen LogP contribution in [0.4, 0.5) is 26.3 Å². The second-order valence-electron chi connectivity index (χ2n) is 6.08. The van der Waals surface area contributed by atoms with Crippen LogP contribution in [0.5, 0.6) is 0 Å². The van der Waals surface area contributed by atoms with Crippen molar-refractivity contribution in [2.75, 3.05) is 0 Å². The third kappa shape index (κ3) is 10.4. The van der Waals surface area contributed by atoms with Gasteiger partial charge in [-0.2, -0.15) is 26.3 Å². The molecule has 0 aliphatic heterocycles. The summed E-state index contributed by atoms with van der Waals surface area (Å²) in [5, 5.41) is 14.2. The van der Waals surface area contributed by atoms with Crippen molar-refractivity contribution in [1.82, 2.24) is 0 Å². The van der Waals surface area contributed by atoms with E-state index in [2.05, 4.69) is 91.0 Å². The summed E-state index contributed by atoms with van der Waals surface area (Å²) in [6, 6.07) is 32.9. The van der Waals surface area contributed by atoms with E-state index >= 15 is 0 Å². The Balaban J connectivity index is 0.000000324. The Bertz CT molecular complexity index is 876. The molecule has 4 nitrogen and oxygen atoms in total. The number of hydrogen-bond acceptors (Lipinski definition) is 2. The number of aliphatic carboxylic acids is 2. The molecule has 2 N–H and O–H groups in total. The Morgan fingerprint density at radius 1 is 0.515 bits per heavy atom. The normalized spacial score (nSPS) is 10.9. The molecule has 0 fully saturated rings. The van der Waals surface area contributed by atoms with Crippen LogP contribution in [0.25, 0.3) is 0 Å². The number of carboxylic acid groups (broad SMARTS) is 2. The van der Waals surface area contributed by atoms with E-state index in [0.717, 1.165) is 0 Å². The molecule has 1 radical (unpaired) electrons. The average molecular weight is 578 g/mol. The van der Waals surface area contributed by atoms with Gasteiger partial charge in [0.2, 0.25) is 0 Å². The fourth-order valence-corrected chi connectivity index (χ4v) is 9.67. The van der Waals surface area contributed by atoms with Gasteiger partial charge < -0.3 is 10.2 Å². The topological polar surface area (TPSA) is 74.6 Å². The van der Waals surface area contributed by atoms with Crippen LogP contribution in [0.1, 0.15) is 0 Å². The predicted octanol–water partition coefficient (Wildman–Crippen LogP) is 3.47. The zero-order chi connectivity index (χ0) is 25.1. The predicted molar refractivity (Wildman–Crippen MR) is 111 cm³/mol. The first-order valence-electron chi connectivity index (χ1n) is 8.97. The van der Waals surface area contributed by atoms with Crippen molar-refractivity contribution in [3.8, 4) is 0 Å². The Kier molecular flexibility index (Phi) is 10.9. The van der Waals surface area contributed by atoms with E-state index in [1.807, 2.05) is 0 Å². The van der Waals surface area contributed by atoms with Crippen molar-refractivity contribution in [3.63, 3.8) is 0 Å². The van der Waals surface area contributed by atoms with Gasteiger partial charge in [0.1, 0.15) is 0 Å². The van der Waals surface area contributed by atoms with Gasteiger partial charge >= 0.3 is 146 Å². The summed E-state index contributed by atoms with van der Waals surface area (Å²) < 4.78 is 68.1. The summed E-state index contributed by atoms with van der Waals surface area (Å²) in [4.78, 5) is 17.8. The van der Waals surface area contributed by atoms with E-state index in [-0.39, 0.29) is 0 Å². The van der Waals surface area contributed by atoms with Crippen LogP contribution in [0.3, 0.4) is 0 Å². The molecule has 0 bridgehead atoms. The Labute approximate surface area is 191 Å². The first kappa shape index (κ1) is 28.0. The molecule has 0 aromatic heterocycles. The molecular formula is C22H17F6O4Sn. The summed E-state index contributed by atoms with van der Waals surface area (Å²) in [6.07, 6.45) is -10.2. The number of hydrogen-bond donors (Lipinski definition) is 2. The van der Waals surface area contributed by atoms with Crippen molar-refractivity contribution in [1.29, 1.82) is 0 Å². The molecule has 11 heteroatoms. The third-order valence-corrected chi connectivity index (χ3v) is 11.5. The van der Waals surface area contributed by atoms with Crippen LogP contribution in [-0.4, -0.2) is 54.3 Å². The Hall–Kier alpha value is -3.02. The molecule has 0 aliphatic rings. The third-order valence-electron chi connectivity index (χ3n) is 3.67. The molecule has 0 saturated carbocycles. The summed E-state index contributed by atoms with van der Waals surface area (Å²) in [7, 11) is 0. The van der Waals surface area contributed by atoms with Crippen LogP contribution < -0.4 is 10.7 Å².